The largest absolute Gasteiger partial charge is 0.412 e. The molecule has 0 unspecified atom stereocenters. The van der Waals surface area contributed by atoms with Crippen LogP contribution in [0.25, 0.3) is 0 Å². The smallest absolute Gasteiger partial charge is 0.00449 e. The third-order valence-corrected chi connectivity index (χ3v) is 3.26. The minimum atomic E-state index is 0. The van der Waals surface area contributed by atoms with E-state index >= 15 is 0 Å². The molecule has 0 saturated carbocycles. The minimum Gasteiger partial charge on any atom is -0.412 e. The van der Waals surface area contributed by atoms with Crippen LogP contribution in [0.2, 0.25) is 0 Å². The summed E-state index contributed by atoms with van der Waals surface area (Å²) >= 11 is 0. The summed E-state index contributed by atoms with van der Waals surface area (Å²) in [5.41, 5.74) is 1.06. The molecular formula is C10H22N2O. The van der Waals surface area contributed by atoms with Gasteiger partial charge in [0.05, 0.1) is 0 Å². The predicted octanol–water partition coefficient (Wildman–Crippen LogP) is 0.113. The number of nitrogens with one attached hydrogen (secondary N) is 1. The molecule has 2 bridgehead atoms. The van der Waals surface area contributed by atoms with E-state index in [1.807, 2.05) is 0 Å². The maximum absolute atomic E-state index is 3.56. The zero-order valence-corrected chi connectivity index (χ0v) is 8.98. The van der Waals surface area contributed by atoms with Crippen molar-refractivity contribution in [3.05, 3.63) is 0 Å². The summed E-state index contributed by atoms with van der Waals surface area (Å²) < 4.78 is 0. The highest BCUT2D eigenvalue weighted by Gasteiger charge is 2.44. The van der Waals surface area contributed by atoms with Gasteiger partial charge in [-0.25, -0.2) is 0 Å². The van der Waals surface area contributed by atoms with Gasteiger partial charge in [0.25, 0.3) is 0 Å². The highest BCUT2D eigenvalue weighted by Crippen LogP contribution is 2.41. The summed E-state index contributed by atoms with van der Waals surface area (Å²) in [7, 11) is 2.25. The van der Waals surface area contributed by atoms with Gasteiger partial charge in [0.2, 0.25) is 0 Å². The molecule has 2 aliphatic rings. The third-order valence-electron chi connectivity index (χ3n) is 3.26. The third kappa shape index (κ3) is 2.03. The van der Waals surface area contributed by atoms with E-state index in [1.165, 1.54) is 32.6 Å². The maximum atomic E-state index is 3.56. The Labute approximate surface area is 80.8 Å². The summed E-state index contributed by atoms with van der Waals surface area (Å²) in [5, 5.41) is 3.56. The second-order valence-corrected chi connectivity index (χ2v) is 5.57. The van der Waals surface area contributed by atoms with Crippen LogP contribution in [0.3, 0.4) is 0 Å². The molecule has 0 aromatic carbocycles. The van der Waals surface area contributed by atoms with Crippen LogP contribution in [0.1, 0.15) is 20.3 Å². The average Bonchev–Trinajstić information content (AvgIpc) is 1.79. The molecule has 0 aromatic rings. The molecule has 2 fully saturated rings. The van der Waals surface area contributed by atoms with Crippen molar-refractivity contribution in [1.29, 1.82) is 0 Å². The lowest BCUT2D eigenvalue weighted by atomic mass is 9.66. The number of likely N-dealkylation sites (tertiary alicyclic amines) is 1. The Kier molecular flexibility index (Phi) is 2.72. The molecule has 78 valence electrons. The van der Waals surface area contributed by atoms with Crippen molar-refractivity contribution in [1.82, 2.24) is 10.2 Å². The van der Waals surface area contributed by atoms with Crippen molar-refractivity contribution < 1.29 is 5.48 Å². The predicted molar refractivity (Wildman–Crippen MR) is 54.8 cm³/mol. The van der Waals surface area contributed by atoms with Gasteiger partial charge in [-0.15, -0.1) is 0 Å². The first-order valence-corrected chi connectivity index (χ1v) is 4.91. The lowest BCUT2D eigenvalue weighted by Crippen LogP contribution is -2.60. The van der Waals surface area contributed by atoms with E-state index in [0.29, 0.717) is 10.8 Å². The van der Waals surface area contributed by atoms with Crippen molar-refractivity contribution in [3.63, 3.8) is 0 Å². The Balaban J connectivity index is 0.000000845. The molecule has 3 nitrogen and oxygen atoms in total. The van der Waals surface area contributed by atoms with Crippen LogP contribution >= 0.6 is 0 Å². The standard InChI is InChI=1S/C10H20N2.H2O/c1-9-4-10(2,6-11-5-9)8-12(3)7-9;/h11H,4-8H2,1-3H3;1H2/t9-,10+;. The summed E-state index contributed by atoms with van der Waals surface area (Å²) in [6, 6.07) is 0. The van der Waals surface area contributed by atoms with E-state index in [-0.39, 0.29) is 5.48 Å². The van der Waals surface area contributed by atoms with Gasteiger partial charge >= 0.3 is 0 Å². The Morgan fingerprint density at radius 2 is 1.54 bits per heavy atom. The molecule has 3 N–H and O–H groups in total. The zero-order chi connectivity index (χ0) is 8.82. The number of fused-ring (bicyclic) bond motifs is 2. The lowest BCUT2D eigenvalue weighted by molar-refractivity contribution is -0.00751. The topological polar surface area (TPSA) is 46.8 Å². The molecule has 2 heterocycles. The van der Waals surface area contributed by atoms with E-state index in [9.17, 15) is 0 Å². The Bertz CT molecular complexity index is 179. The Morgan fingerprint density at radius 1 is 1.08 bits per heavy atom. The monoisotopic (exact) mass is 186 g/mol. The molecular weight excluding hydrogens is 164 g/mol. The molecule has 0 aromatic heterocycles. The highest BCUT2D eigenvalue weighted by atomic mass is 16.0. The van der Waals surface area contributed by atoms with Crippen LogP contribution in [0.5, 0.6) is 0 Å². The van der Waals surface area contributed by atoms with Crippen LogP contribution in [0.4, 0.5) is 0 Å². The van der Waals surface area contributed by atoms with Gasteiger partial charge < -0.3 is 15.7 Å². The molecule has 0 radical (unpaired) electrons. The van der Waals surface area contributed by atoms with E-state index in [2.05, 4.69) is 31.1 Å². The van der Waals surface area contributed by atoms with Crippen molar-refractivity contribution in [2.75, 3.05) is 33.2 Å². The molecule has 2 rings (SSSR count). The SMILES string of the molecule is CN1C[C@]2(C)CNC[C@](C)(C1)C2.O. The van der Waals surface area contributed by atoms with Gasteiger partial charge in [0.15, 0.2) is 0 Å². The number of hydrogen-bond acceptors (Lipinski definition) is 2. The van der Waals surface area contributed by atoms with Crippen LogP contribution in [-0.4, -0.2) is 43.6 Å². The number of piperidine rings is 2. The quantitative estimate of drug-likeness (QED) is 0.584. The summed E-state index contributed by atoms with van der Waals surface area (Å²) in [6.07, 6.45) is 1.40. The normalized spacial score (nSPS) is 45.5. The fraction of sp³-hybridized carbons (Fsp3) is 1.00. The first kappa shape index (κ1) is 11.0. The highest BCUT2D eigenvalue weighted by molar-refractivity contribution is 4.99. The summed E-state index contributed by atoms with van der Waals surface area (Å²) in [4.78, 5) is 2.49. The Morgan fingerprint density at radius 3 is 2.00 bits per heavy atom. The summed E-state index contributed by atoms with van der Waals surface area (Å²) in [6.45, 7) is 9.74. The second kappa shape index (κ2) is 3.23. The van der Waals surface area contributed by atoms with Crippen molar-refractivity contribution >= 4 is 0 Å². The van der Waals surface area contributed by atoms with Gasteiger partial charge in [0, 0.05) is 26.2 Å². The molecule has 2 aliphatic heterocycles. The van der Waals surface area contributed by atoms with Gasteiger partial charge in [0.1, 0.15) is 0 Å². The van der Waals surface area contributed by atoms with Gasteiger partial charge in [-0.1, -0.05) is 13.8 Å². The molecule has 0 amide bonds. The van der Waals surface area contributed by atoms with Crippen LogP contribution in [0.15, 0.2) is 0 Å². The molecule has 0 spiro atoms. The fourth-order valence-electron chi connectivity index (χ4n) is 3.40. The molecule has 3 heteroatoms. The summed E-state index contributed by atoms with van der Waals surface area (Å²) in [5.74, 6) is 0. The Hall–Kier alpha value is -0.120. The second-order valence-electron chi connectivity index (χ2n) is 5.57. The van der Waals surface area contributed by atoms with Crippen molar-refractivity contribution in [2.24, 2.45) is 10.8 Å². The van der Waals surface area contributed by atoms with E-state index in [1.54, 1.807) is 0 Å². The fourth-order valence-corrected chi connectivity index (χ4v) is 3.40. The molecule has 13 heavy (non-hydrogen) atoms. The number of hydrogen-bond donors (Lipinski definition) is 1. The van der Waals surface area contributed by atoms with Crippen LogP contribution < -0.4 is 5.32 Å². The maximum Gasteiger partial charge on any atom is 0.00449 e. The lowest BCUT2D eigenvalue weighted by Gasteiger charge is -2.53. The first-order valence-electron chi connectivity index (χ1n) is 4.91. The average molecular weight is 186 g/mol. The van der Waals surface area contributed by atoms with E-state index in [0.717, 1.165) is 0 Å². The number of rotatable bonds is 0. The molecule has 2 saturated heterocycles. The molecule has 0 aliphatic carbocycles. The van der Waals surface area contributed by atoms with Gasteiger partial charge in [-0.3, -0.25) is 0 Å². The van der Waals surface area contributed by atoms with Gasteiger partial charge in [-0.2, -0.15) is 0 Å². The first-order chi connectivity index (χ1) is 5.52. The number of nitrogens with zero attached hydrogens (tertiary/aromatic N) is 1. The minimum absolute atomic E-state index is 0. The van der Waals surface area contributed by atoms with E-state index < -0.39 is 0 Å². The van der Waals surface area contributed by atoms with Crippen molar-refractivity contribution in [3.8, 4) is 0 Å². The van der Waals surface area contributed by atoms with Gasteiger partial charge in [-0.05, 0) is 24.3 Å². The van der Waals surface area contributed by atoms with Crippen LogP contribution in [0, 0.1) is 10.8 Å². The molecule has 2 atom stereocenters. The van der Waals surface area contributed by atoms with Crippen LogP contribution in [-0.2, 0) is 0 Å². The van der Waals surface area contributed by atoms with E-state index in [4.69, 9.17) is 0 Å². The van der Waals surface area contributed by atoms with Crippen molar-refractivity contribution in [2.45, 2.75) is 20.3 Å². The zero-order valence-electron chi connectivity index (χ0n) is 8.98.